The molecule has 0 aliphatic carbocycles. The first-order chi connectivity index (χ1) is 10.1. The number of nitrogens with one attached hydrogen (secondary N) is 1. The number of rotatable bonds is 4. The molecule has 2 atom stereocenters. The van der Waals surface area contributed by atoms with E-state index < -0.39 is 12.0 Å². The van der Waals surface area contributed by atoms with Crippen LogP contribution < -0.4 is 5.32 Å². The third-order valence-electron chi connectivity index (χ3n) is 4.24. The molecule has 120 valence electrons. The van der Waals surface area contributed by atoms with E-state index in [0.717, 1.165) is 13.1 Å². The van der Waals surface area contributed by atoms with Crippen molar-refractivity contribution >= 4 is 12.0 Å². The molecule has 2 aliphatic rings. The lowest BCUT2D eigenvalue weighted by molar-refractivity contribution is -0.147. The Bertz CT molecular complexity index is 371. The first-order valence-corrected chi connectivity index (χ1v) is 7.68. The van der Waals surface area contributed by atoms with Crippen LogP contribution in [0.4, 0.5) is 4.79 Å². The Morgan fingerprint density at radius 2 is 2.00 bits per heavy atom. The number of aliphatic carboxylic acids is 1. The van der Waals surface area contributed by atoms with Gasteiger partial charge >= 0.3 is 12.0 Å². The minimum absolute atomic E-state index is 0.0600. The molecular formula is C14H25N3O4. The lowest BCUT2D eigenvalue weighted by Gasteiger charge is -2.35. The molecule has 0 aromatic carbocycles. The fraction of sp³-hybridized carbons (Fsp3) is 0.857. The second kappa shape index (κ2) is 7.61. The summed E-state index contributed by atoms with van der Waals surface area (Å²) in [6.07, 6.45) is 3.70. The Hall–Kier alpha value is -1.34. The molecule has 2 unspecified atom stereocenters. The molecule has 2 N–H and O–H groups in total. The summed E-state index contributed by atoms with van der Waals surface area (Å²) in [7, 11) is 0. The van der Waals surface area contributed by atoms with E-state index in [1.807, 2.05) is 0 Å². The summed E-state index contributed by atoms with van der Waals surface area (Å²) < 4.78 is 5.13. The average Bonchev–Trinajstić information content (AvgIpc) is 2.53. The zero-order valence-corrected chi connectivity index (χ0v) is 12.6. The van der Waals surface area contributed by atoms with Crippen molar-refractivity contribution in [2.45, 2.75) is 38.3 Å². The molecule has 0 aromatic rings. The van der Waals surface area contributed by atoms with Crippen molar-refractivity contribution in [2.75, 3.05) is 39.4 Å². The van der Waals surface area contributed by atoms with Gasteiger partial charge in [-0.1, -0.05) is 6.42 Å². The predicted molar refractivity (Wildman–Crippen MR) is 77.2 cm³/mol. The second-order valence-electron chi connectivity index (χ2n) is 5.75. The summed E-state index contributed by atoms with van der Waals surface area (Å²) in [5.74, 6) is -1.02. The van der Waals surface area contributed by atoms with Gasteiger partial charge in [0.2, 0.25) is 0 Å². The lowest BCUT2D eigenvalue weighted by atomic mass is 10.1. The highest BCUT2D eigenvalue weighted by atomic mass is 16.5. The number of likely N-dealkylation sites (tertiary alicyclic amines) is 1. The number of urea groups is 1. The summed E-state index contributed by atoms with van der Waals surface area (Å²) in [5, 5.41) is 12.0. The molecule has 0 radical (unpaired) electrons. The number of amides is 2. The van der Waals surface area contributed by atoms with E-state index in [1.54, 1.807) is 0 Å². The SMILES string of the molecule is CC(CNC(=O)N1CCOCC1C(=O)O)N1CCCCC1. The second-order valence-corrected chi connectivity index (χ2v) is 5.75. The van der Waals surface area contributed by atoms with Gasteiger partial charge < -0.3 is 20.1 Å². The molecule has 21 heavy (non-hydrogen) atoms. The molecule has 2 aliphatic heterocycles. The van der Waals surface area contributed by atoms with Crippen molar-refractivity contribution in [3.8, 4) is 0 Å². The van der Waals surface area contributed by atoms with E-state index in [4.69, 9.17) is 9.84 Å². The van der Waals surface area contributed by atoms with Gasteiger partial charge in [0.1, 0.15) is 0 Å². The molecule has 7 heteroatoms. The number of nitrogens with zero attached hydrogens (tertiary/aromatic N) is 2. The number of ether oxygens (including phenoxy) is 1. The number of carbonyl (C=O) groups is 2. The van der Waals surface area contributed by atoms with Gasteiger partial charge in [0, 0.05) is 19.1 Å². The van der Waals surface area contributed by atoms with E-state index in [-0.39, 0.29) is 18.7 Å². The van der Waals surface area contributed by atoms with Crippen molar-refractivity contribution in [1.82, 2.24) is 15.1 Å². The van der Waals surface area contributed by atoms with E-state index in [1.165, 1.54) is 24.2 Å². The van der Waals surface area contributed by atoms with Gasteiger partial charge in [-0.2, -0.15) is 0 Å². The predicted octanol–water partition coefficient (Wildman–Crippen LogP) is 0.356. The summed E-state index contributed by atoms with van der Waals surface area (Å²) in [4.78, 5) is 27.1. The van der Waals surface area contributed by atoms with Gasteiger partial charge in [-0.05, 0) is 32.9 Å². The number of morpholine rings is 1. The first-order valence-electron chi connectivity index (χ1n) is 7.68. The zero-order valence-electron chi connectivity index (χ0n) is 12.6. The normalized spacial score (nSPS) is 25.4. The molecule has 2 rings (SSSR count). The van der Waals surface area contributed by atoms with Crippen LogP contribution in [0.3, 0.4) is 0 Å². The number of carboxylic acid groups (broad SMARTS) is 1. The molecular weight excluding hydrogens is 274 g/mol. The van der Waals surface area contributed by atoms with E-state index >= 15 is 0 Å². The van der Waals surface area contributed by atoms with Crippen LogP contribution in [0, 0.1) is 0 Å². The monoisotopic (exact) mass is 299 g/mol. The van der Waals surface area contributed by atoms with Crippen molar-refractivity contribution < 1.29 is 19.4 Å². The van der Waals surface area contributed by atoms with Gasteiger partial charge in [-0.15, -0.1) is 0 Å². The van der Waals surface area contributed by atoms with E-state index in [9.17, 15) is 9.59 Å². The quantitative estimate of drug-likeness (QED) is 0.783. The molecule has 2 fully saturated rings. The third-order valence-corrected chi connectivity index (χ3v) is 4.24. The van der Waals surface area contributed by atoms with Gasteiger partial charge in [0.15, 0.2) is 6.04 Å². The van der Waals surface area contributed by atoms with Crippen LogP contribution >= 0.6 is 0 Å². The summed E-state index contributed by atoms with van der Waals surface area (Å²) in [5.41, 5.74) is 0. The van der Waals surface area contributed by atoms with Crippen LogP contribution in [0.1, 0.15) is 26.2 Å². The smallest absolute Gasteiger partial charge is 0.328 e. The van der Waals surface area contributed by atoms with Crippen LogP contribution in [0.15, 0.2) is 0 Å². The van der Waals surface area contributed by atoms with Gasteiger partial charge in [0.25, 0.3) is 0 Å². The molecule has 0 spiro atoms. The Morgan fingerprint density at radius 1 is 1.29 bits per heavy atom. The first kappa shape index (κ1) is 16.0. The largest absolute Gasteiger partial charge is 0.480 e. The Balaban J connectivity index is 1.81. The maximum atomic E-state index is 12.2. The molecule has 2 heterocycles. The van der Waals surface area contributed by atoms with Crippen LogP contribution in [0.2, 0.25) is 0 Å². The van der Waals surface area contributed by atoms with Crippen LogP contribution in [0.5, 0.6) is 0 Å². The summed E-state index contributed by atoms with van der Waals surface area (Å²) in [6.45, 7) is 5.56. The standard InChI is InChI=1S/C14H25N3O4/c1-11(16-5-3-2-4-6-16)9-15-14(20)17-7-8-21-10-12(17)13(18)19/h11-12H,2-10H2,1H3,(H,15,20)(H,18,19). The van der Waals surface area contributed by atoms with E-state index in [0.29, 0.717) is 19.7 Å². The Labute approximate surface area is 125 Å². The van der Waals surface area contributed by atoms with Gasteiger partial charge in [-0.3, -0.25) is 4.90 Å². The topological polar surface area (TPSA) is 82.1 Å². The summed E-state index contributed by atoms with van der Waals surface area (Å²) >= 11 is 0. The van der Waals surface area contributed by atoms with E-state index in [2.05, 4.69) is 17.1 Å². The van der Waals surface area contributed by atoms with Gasteiger partial charge in [-0.25, -0.2) is 9.59 Å². The zero-order chi connectivity index (χ0) is 15.2. The Kier molecular flexibility index (Phi) is 5.81. The van der Waals surface area contributed by atoms with Crippen molar-refractivity contribution in [2.24, 2.45) is 0 Å². The molecule has 0 bridgehead atoms. The highest BCUT2D eigenvalue weighted by Gasteiger charge is 2.32. The fourth-order valence-electron chi connectivity index (χ4n) is 2.88. The lowest BCUT2D eigenvalue weighted by Crippen LogP contribution is -2.57. The van der Waals surface area contributed by atoms with Crippen molar-refractivity contribution in [3.63, 3.8) is 0 Å². The fourth-order valence-corrected chi connectivity index (χ4v) is 2.88. The third kappa shape index (κ3) is 4.31. The minimum atomic E-state index is -1.02. The van der Waals surface area contributed by atoms with Crippen LogP contribution in [-0.4, -0.2) is 78.4 Å². The molecule has 0 saturated carbocycles. The van der Waals surface area contributed by atoms with Crippen molar-refractivity contribution in [3.05, 3.63) is 0 Å². The number of piperidine rings is 1. The number of carboxylic acids is 1. The number of hydrogen-bond acceptors (Lipinski definition) is 4. The molecule has 7 nitrogen and oxygen atoms in total. The van der Waals surface area contributed by atoms with Gasteiger partial charge in [0.05, 0.1) is 13.2 Å². The maximum absolute atomic E-state index is 12.2. The molecule has 2 amide bonds. The minimum Gasteiger partial charge on any atom is -0.480 e. The number of carbonyl (C=O) groups excluding carboxylic acids is 1. The maximum Gasteiger partial charge on any atom is 0.328 e. The highest BCUT2D eigenvalue weighted by molar-refractivity contribution is 5.83. The molecule has 2 saturated heterocycles. The van der Waals surface area contributed by atoms with Crippen LogP contribution in [-0.2, 0) is 9.53 Å². The van der Waals surface area contributed by atoms with Crippen LogP contribution in [0.25, 0.3) is 0 Å². The average molecular weight is 299 g/mol. The molecule has 0 aromatic heterocycles. The van der Waals surface area contributed by atoms with Crippen molar-refractivity contribution in [1.29, 1.82) is 0 Å². The Morgan fingerprint density at radius 3 is 2.67 bits per heavy atom. The summed E-state index contributed by atoms with van der Waals surface area (Å²) in [6, 6.07) is -0.919. The number of hydrogen-bond donors (Lipinski definition) is 2. The highest BCUT2D eigenvalue weighted by Crippen LogP contribution is 2.12.